The van der Waals surface area contributed by atoms with E-state index in [-0.39, 0.29) is 4.99 Å². The van der Waals surface area contributed by atoms with Gasteiger partial charge in [-0.15, -0.1) is 0 Å². The highest BCUT2D eigenvalue weighted by molar-refractivity contribution is 7.81. The van der Waals surface area contributed by atoms with Crippen LogP contribution in [0, 0.1) is 11.3 Å². The van der Waals surface area contributed by atoms with E-state index in [9.17, 15) is 0 Å². The molecule has 0 bridgehead atoms. The third-order valence-electron chi connectivity index (χ3n) is 2.19. The molecular weight excluding hydrogens is 244 g/mol. The third-order valence-corrected chi connectivity index (χ3v) is 2.39. The van der Waals surface area contributed by atoms with Gasteiger partial charge in [0.1, 0.15) is 17.6 Å². The van der Waals surface area contributed by atoms with Gasteiger partial charge in [0.15, 0.2) is 4.99 Å². The van der Waals surface area contributed by atoms with E-state index in [4.69, 9.17) is 22.2 Å². The number of thiocarbonyl (C=S) groups is 1. The molecule has 0 aliphatic rings. The SMILES string of the molecule is N#CC(=S)Nc1ccc(Oc2ccccc2)cc1. The normalized spacial score (nSPS) is 9.28. The van der Waals surface area contributed by atoms with Crippen LogP contribution in [0.5, 0.6) is 11.5 Å². The van der Waals surface area contributed by atoms with E-state index in [1.54, 1.807) is 0 Å². The number of hydrogen-bond acceptors (Lipinski definition) is 3. The molecule has 0 amide bonds. The molecule has 0 unspecified atom stereocenters. The number of para-hydroxylation sites is 1. The van der Waals surface area contributed by atoms with Crippen molar-refractivity contribution in [3.8, 4) is 17.6 Å². The quantitative estimate of drug-likeness (QED) is 0.847. The highest BCUT2D eigenvalue weighted by atomic mass is 32.1. The van der Waals surface area contributed by atoms with Gasteiger partial charge >= 0.3 is 0 Å². The number of hydrogen-bond donors (Lipinski definition) is 1. The summed E-state index contributed by atoms with van der Waals surface area (Å²) in [4.78, 5) is 0.145. The minimum absolute atomic E-state index is 0.145. The summed E-state index contributed by atoms with van der Waals surface area (Å²) in [6, 6.07) is 18.6. The predicted molar refractivity (Wildman–Crippen MR) is 74.8 cm³/mol. The molecule has 0 heterocycles. The van der Waals surface area contributed by atoms with Gasteiger partial charge in [0.05, 0.1) is 0 Å². The van der Waals surface area contributed by atoms with Crippen molar-refractivity contribution < 1.29 is 4.74 Å². The lowest BCUT2D eigenvalue weighted by molar-refractivity contribution is 0.483. The standard InChI is InChI=1S/C14H10N2OS/c15-10-14(18)16-11-6-8-13(9-7-11)17-12-4-2-1-3-5-12/h1-9H,(H,16,18). The van der Waals surface area contributed by atoms with E-state index in [2.05, 4.69) is 5.32 Å². The Hall–Kier alpha value is -2.38. The minimum atomic E-state index is 0.145. The third kappa shape index (κ3) is 3.30. The molecule has 3 nitrogen and oxygen atoms in total. The van der Waals surface area contributed by atoms with Gasteiger partial charge in [-0.2, -0.15) is 5.26 Å². The monoisotopic (exact) mass is 254 g/mol. The predicted octanol–water partition coefficient (Wildman–Crippen LogP) is 3.74. The smallest absolute Gasteiger partial charge is 0.182 e. The lowest BCUT2D eigenvalue weighted by atomic mass is 10.3. The fraction of sp³-hybridized carbons (Fsp3) is 0. The maximum atomic E-state index is 8.57. The molecular formula is C14H10N2OS. The first-order valence-corrected chi connectivity index (χ1v) is 5.73. The Balaban J connectivity index is 2.04. The van der Waals surface area contributed by atoms with Crippen LogP contribution in [0.3, 0.4) is 0 Å². The summed E-state index contributed by atoms with van der Waals surface area (Å²) >= 11 is 4.77. The van der Waals surface area contributed by atoms with Crippen LogP contribution >= 0.6 is 12.2 Å². The summed E-state index contributed by atoms with van der Waals surface area (Å²) in [5.41, 5.74) is 0.766. The number of nitriles is 1. The van der Waals surface area contributed by atoms with Crippen molar-refractivity contribution >= 4 is 22.9 Å². The average molecular weight is 254 g/mol. The molecule has 0 fully saturated rings. The van der Waals surface area contributed by atoms with Gasteiger partial charge in [0.25, 0.3) is 0 Å². The molecule has 0 aliphatic carbocycles. The summed E-state index contributed by atoms with van der Waals surface area (Å²) in [7, 11) is 0. The van der Waals surface area contributed by atoms with Crippen molar-refractivity contribution in [2.75, 3.05) is 5.32 Å². The molecule has 1 N–H and O–H groups in total. The van der Waals surface area contributed by atoms with Gasteiger partial charge in [-0.05, 0) is 48.6 Å². The number of ether oxygens (including phenoxy) is 1. The van der Waals surface area contributed by atoms with Crippen molar-refractivity contribution in [2.45, 2.75) is 0 Å². The Morgan fingerprint density at radius 1 is 1.00 bits per heavy atom. The second kappa shape index (κ2) is 5.80. The Morgan fingerprint density at radius 2 is 1.61 bits per heavy atom. The highest BCUT2D eigenvalue weighted by Gasteiger charge is 1.98. The summed E-state index contributed by atoms with van der Waals surface area (Å²) in [5, 5.41) is 11.4. The molecule has 0 aromatic heterocycles. The van der Waals surface area contributed by atoms with Crippen molar-refractivity contribution in [3.05, 3.63) is 54.6 Å². The molecule has 0 radical (unpaired) electrons. The summed E-state index contributed by atoms with van der Waals surface area (Å²) < 4.78 is 5.64. The van der Waals surface area contributed by atoms with E-state index >= 15 is 0 Å². The fourth-order valence-corrected chi connectivity index (χ4v) is 1.51. The zero-order chi connectivity index (χ0) is 12.8. The average Bonchev–Trinajstić information content (AvgIpc) is 2.42. The van der Waals surface area contributed by atoms with E-state index in [0.29, 0.717) is 0 Å². The Morgan fingerprint density at radius 3 is 2.22 bits per heavy atom. The minimum Gasteiger partial charge on any atom is -0.457 e. The van der Waals surface area contributed by atoms with Gasteiger partial charge in [-0.1, -0.05) is 18.2 Å². The number of benzene rings is 2. The molecule has 0 saturated heterocycles. The molecule has 2 aromatic carbocycles. The molecule has 18 heavy (non-hydrogen) atoms. The van der Waals surface area contributed by atoms with Crippen LogP contribution in [0.1, 0.15) is 0 Å². The summed E-state index contributed by atoms with van der Waals surface area (Å²) in [6.45, 7) is 0. The van der Waals surface area contributed by atoms with E-state index < -0.39 is 0 Å². The summed E-state index contributed by atoms with van der Waals surface area (Å²) in [6.07, 6.45) is 0. The molecule has 0 spiro atoms. The number of nitrogens with one attached hydrogen (secondary N) is 1. The van der Waals surface area contributed by atoms with Gasteiger partial charge < -0.3 is 10.1 Å². The second-order valence-corrected chi connectivity index (χ2v) is 3.91. The Bertz CT molecular complexity index is 573. The van der Waals surface area contributed by atoms with Gasteiger partial charge in [-0.25, -0.2) is 0 Å². The maximum absolute atomic E-state index is 8.57. The lowest BCUT2D eigenvalue weighted by Gasteiger charge is -2.06. The molecule has 2 aromatic rings. The molecule has 4 heteroatoms. The van der Waals surface area contributed by atoms with Gasteiger partial charge in [-0.3, -0.25) is 0 Å². The number of rotatable bonds is 3. The van der Waals surface area contributed by atoms with Crippen molar-refractivity contribution in [3.63, 3.8) is 0 Å². The van der Waals surface area contributed by atoms with E-state index in [1.165, 1.54) is 0 Å². The molecule has 88 valence electrons. The summed E-state index contributed by atoms with van der Waals surface area (Å²) in [5.74, 6) is 1.51. The molecule has 0 atom stereocenters. The number of anilines is 1. The van der Waals surface area contributed by atoms with Crippen molar-refractivity contribution in [2.24, 2.45) is 0 Å². The molecule has 0 aliphatic heterocycles. The maximum Gasteiger partial charge on any atom is 0.182 e. The Labute approximate surface area is 111 Å². The number of nitrogens with zero attached hydrogens (tertiary/aromatic N) is 1. The zero-order valence-corrected chi connectivity index (χ0v) is 10.3. The van der Waals surface area contributed by atoms with Crippen LogP contribution in [0.15, 0.2) is 54.6 Å². The van der Waals surface area contributed by atoms with Crippen LogP contribution < -0.4 is 10.1 Å². The first kappa shape index (κ1) is 12.1. The Kier molecular flexibility index (Phi) is 3.90. The largest absolute Gasteiger partial charge is 0.457 e. The first-order chi connectivity index (χ1) is 8.78. The van der Waals surface area contributed by atoms with E-state index in [0.717, 1.165) is 17.2 Å². The van der Waals surface area contributed by atoms with Crippen LogP contribution in [0.4, 0.5) is 5.69 Å². The van der Waals surface area contributed by atoms with Crippen LogP contribution in [-0.4, -0.2) is 4.99 Å². The van der Waals surface area contributed by atoms with Crippen LogP contribution in [0.2, 0.25) is 0 Å². The van der Waals surface area contributed by atoms with Crippen molar-refractivity contribution in [1.82, 2.24) is 0 Å². The first-order valence-electron chi connectivity index (χ1n) is 5.32. The molecule has 2 rings (SSSR count). The van der Waals surface area contributed by atoms with Crippen molar-refractivity contribution in [1.29, 1.82) is 5.26 Å². The topological polar surface area (TPSA) is 45.0 Å². The van der Waals surface area contributed by atoms with Gasteiger partial charge in [0.2, 0.25) is 0 Å². The fourth-order valence-electron chi connectivity index (χ4n) is 1.39. The van der Waals surface area contributed by atoms with Crippen LogP contribution in [0.25, 0.3) is 0 Å². The van der Waals surface area contributed by atoms with Crippen LogP contribution in [-0.2, 0) is 0 Å². The van der Waals surface area contributed by atoms with Gasteiger partial charge in [0, 0.05) is 5.69 Å². The highest BCUT2D eigenvalue weighted by Crippen LogP contribution is 2.22. The second-order valence-electron chi connectivity index (χ2n) is 3.51. The van der Waals surface area contributed by atoms with E-state index in [1.807, 2.05) is 60.7 Å². The molecule has 0 saturated carbocycles. The zero-order valence-electron chi connectivity index (χ0n) is 9.46. The lowest BCUT2D eigenvalue weighted by Crippen LogP contribution is -2.04.